The first kappa shape index (κ1) is 13.6. The molecule has 1 saturated heterocycles. The summed E-state index contributed by atoms with van der Waals surface area (Å²) in [6.07, 6.45) is 3.63. The maximum Gasteiger partial charge on any atom is 0.371 e. The zero-order chi connectivity index (χ0) is 13.8. The quantitative estimate of drug-likeness (QED) is 0.908. The van der Waals surface area contributed by atoms with Gasteiger partial charge in [0.05, 0.1) is 6.54 Å². The minimum absolute atomic E-state index is 0.0799. The predicted molar refractivity (Wildman–Crippen MR) is 68.7 cm³/mol. The molecule has 0 saturated carbocycles. The standard InChI is InChI=1S/C14H19NO4/c1-2-10-3-6-13(16)15(8-7-10)9-11-4-5-12(19-11)14(17)18/h4-5,10H,2-3,6-9H2,1H3,(H,17,18). The second-order valence-corrected chi connectivity index (χ2v) is 4.99. The van der Waals surface area contributed by atoms with Gasteiger partial charge in [0, 0.05) is 13.0 Å². The van der Waals surface area contributed by atoms with Crippen LogP contribution in [0.5, 0.6) is 0 Å². The van der Waals surface area contributed by atoms with E-state index in [0.29, 0.717) is 24.6 Å². The van der Waals surface area contributed by atoms with Gasteiger partial charge in [0.1, 0.15) is 5.76 Å². The predicted octanol–water partition coefficient (Wildman–Crippen LogP) is 2.52. The van der Waals surface area contributed by atoms with E-state index in [1.165, 1.54) is 6.07 Å². The molecule has 0 radical (unpaired) electrons. The number of furan rings is 1. The fourth-order valence-corrected chi connectivity index (χ4v) is 2.43. The molecule has 1 unspecified atom stereocenters. The number of likely N-dealkylation sites (tertiary alicyclic amines) is 1. The molecule has 2 heterocycles. The van der Waals surface area contributed by atoms with Crippen LogP contribution in [0, 0.1) is 5.92 Å². The Bertz CT molecular complexity index is 466. The zero-order valence-corrected chi connectivity index (χ0v) is 11.1. The maximum atomic E-state index is 12.0. The smallest absolute Gasteiger partial charge is 0.371 e. The Hall–Kier alpha value is -1.78. The Morgan fingerprint density at radius 1 is 1.47 bits per heavy atom. The molecule has 2 rings (SSSR count). The highest BCUT2D eigenvalue weighted by Crippen LogP contribution is 2.22. The van der Waals surface area contributed by atoms with Crippen molar-refractivity contribution in [3.63, 3.8) is 0 Å². The molecule has 1 atom stereocenters. The number of carbonyl (C=O) groups is 2. The van der Waals surface area contributed by atoms with Gasteiger partial charge in [-0.3, -0.25) is 4.79 Å². The third kappa shape index (κ3) is 3.36. The second kappa shape index (κ2) is 5.91. The van der Waals surface area contributed by atoms with Crippen molar-refractivity contribution >= 4 is 11.9 Å². The first-order valence-electron chi connectivity index (χ1n) is 6.70. The van der Waals surface area contributed by atoms with E-state index in [-0.39, 0.29) is 11.7 Å². The molecule has 1 amide bonds. The summed E-state index contributed by atoms with van der Waals surface area (Å²) in [6.45, 7) is 3.24. The van der Waals surface area contributed by atoms with Gasteiger partial charge in [-0.1, -0.05) is 13.3 Å². The number of hydrogen-bond acceptors (Lipinski definition) is 3. The molecule has 0 aliphatic carbocycles. The average molecular weight is 265 g/mol. The number of hydrogen-bond donors (Lipinski definition) is 1. The molecule has 104 valence electrons. The van der Waals surface area contributed by atoms with Gasteiger partial charge in [-0.15, -0.1) is 0 Å². The highest BCUT2D eigenvalue weighted by molar-refractivity contribution is 5.84. The number of aromatic carboxylic acids is 1. The van der Waals surface area contributed by atoms with E-state index in [0.717, 1.165) is 25.8 Å². The van der Waals surface area contributed by atoms with Crippen molar-refractivity contribution in [2.45, 2.75) is 39.2 Å². The molecule has 0 spiro atoms. The summed E-state index contributed by atoms with van der Waals surface area (Å²) in [6, 6.07) is 3.05. The highest BCUT2D eigenvalue weighted by Gasteiger charge is 2.22. The van der Waals surface area contributed by atoms with Crippen LogP contribution in [0.15, 0.2) is 16.5 Å². The molecular formula is C14H19NO4. The van der Waals surface area contributed by atoms with Crippen LogP contribution in [0.3, 0.4) is 0 Å². The maximum absolute atomic E-state index is 12.0. The van der Waals surface area contributed by atoms with Crippen LogP contribution in [0.4, 0.5) is 0 Å². The summed E-state index contributed by atoms with van der Waals surface area (Å²) in [5, 5.41) is 8.79. The topological polar surface area (TPSA) is 70.8 Å². The largest absolute Gasteiger partial charge is 0.475 e. The van der Waals surface area contributed by atoms with Crippen LogP contribution in [0.25, 0.3) is 0 Å². The summed E-state index contributed by atoms with van der Waals surface area (Å²) in [7, 11) is 0. The lowest BCUT2D eigenvalue weighted by Gasteiger charge is -2.19. The van der Waals surface area contributed by atoms with Crippen molar-refractivity contribution in [3.05, 3.63) is 23.7 Å². The lowest BCUT2D eigenvalue weighted by atomic mass is 9.98. The number of carbonyl (C=O) groups excluding carboxylic acids is 1. The van der Waals surface area contributed by atoms with Crippen molar-refractivity contribution in [2.24, 2.45) is 5.92 Å². The number of carboxylic acid groups (broad SMARTS) is 1. The Labute approximate surface area is 112 Å². The lowest BCUT2D eigenvalue weighted by Crippen LogP contribution is -2.29. The lowest BCUT2D eigenvalue weighted by molar-refractivity contribution is -0.131. The molecule has 1 aliphatic heterocycles. The van der Waals surface area contributed by atoms with Crippen LogP contribution in [0.1, 0.15) is 48.9 Å². The molecule has 1 N–H and O–H groups in total. The number of carboxylic acids is 1. The van der Waals surface area contributed by atoms with Crippen LogP contribution in [0.2, 0.25) is 0 Å². The van der Waals surface area contributed by atoms with Gasteiger partial charge in [-0.05, 0) is 30.9 Å². The van der Waals surface area contributed by atoms with E-state index in [2.05, 4.69) is 6.92 Å². The molecule has 1 fully saturated rings. The summed E-state index contributed by atoms with van der Waals surface area (Å²) in [5.74, 6) is 0.105. The Morgan fingerprint density at radius 2 is 2.26 bits per heavy atom. The summed E-state index contributed by atoms with van der Waals surface area (Å²) >= 11 is 0. The van der Waals surface area contributed by atoms with Crippen LogP contribution < -0.4 is 0 Å². The van der Waals surface area contributed by atoms with Crippen LogP contribution in [-0.2, 0) is 11.3 Å². The fourth-order valence-electron chi connectivity index (χ4n) is 2.43. The highest BCUT2D eigenvalue weighted by atomic mass is 16.4. The van der Waals surface area contributed by atoms with E-state index in [4.69, 9.17) is 9.52 Å². The van der Waals surface area contributed by atoms with Crippen molar-refractivity contribution in [3.8, 4) is 0 Å². The Kier molecular flexibility index (Phi) is 4.24. The summed E-state index contributed by atoms with van der Waals surface area (Å²) in [4.78, 5) is 24.5. The van der Waals surface area contributed by atoms with Gasteiger partial charge in [-0.25, -0.2) is 4.79 Å². The Morgan fingerprint density at radius 3 is 2.89 bits per heavy atom. The number of nitrogens with zero attached hydrogens (tertiary/aromatic N) is 1. The van der Waals surface area contributed by atoms with E-state index in [1.54, 1.807) is 11.0 Å². The average Bonchev–Trinajstić information content (AvgIpc) is 2.78. The Balaban J connectivity index is 2.00. The van der Waals surface area contributed by atoms with Crippen LogP contribution in [-0.4, -0.2) is 28.4 Å². The van der Waals surface area contributed by atoms with Gasteiger partial charge in [0.15, 0.2) is 0 Å². The van der Waals surface area contributed by atoms with Crippen molar-refractivity contribution in [1.82, 2.24) is 4.90 Å². The molecule has 0 bridgehead atoms. The third-order valence-corrected chi connectivity index (χ3v) is 3.72. The van der Waals surface area contributed by atoms with Crippen molar-refractivity contribution in [2.75, 3.05) is 6.54 Å². The molecule has 0 aromatic carbocycles. The van der Waals surface area contributed by atoms with Crippen LogP contribution >= 0.6 is 0 Å². The minimum Gasteiger partial charge on any atom is -0.475 e. The zero-order valence-electron chi connectivity index (χ0n) is 11.1. The molecule has 5 nitrogen and oxygen atoms in total. The molecule has 1 aliphatic rings. The summed E-state index contributed by atoms with van der Waals surface area (Å²) < 4.78 is 5.20. The molecule has 1 aromatic rings. The SMILES string of the molecule is CCC1CCC(=O)N(Cc2ccc(C(=O)O)o2)CC1. The van der Waals surface area contributed by atoms with Gasteiger partial charge in [-0.2, -0.15) is 0 Å². The second-order valence-electron chi connectivity index (χ2n) is 4.99. The van der Waals surface area contributed by atoms with E-state index in [1.807, 2.05) is 0 Å². The van der Waals surface area contributed by atoms with E-state index < -0.39 is 5.97 Å². The van der Waals surface area contributed by atoms with Crippen molar-refractivity contribution < 1.29 is 19.1 Å². The normalized spacial score (nSPS) is 20.4. The molecular weight excluding hydrogens is 246 g/mol. The number of rotatable bonds is 4. The van der Waals surface area contributed by atoms with Gasteiger partial charge in [0.25, 0.3) is 0 Å². The van der Waals surface area contributed by atoms with Gasteiger partial charge in [0.2, 0.25) is 11.7 Å². The van der Waals surface area contributed by atoms with E-state index in [9.17, 15) is 9.59 Å². The van der Waals surface area contributed by atoms with Gasteiger partial charge < -0.3 is 14.4 Å². The summed E-state index contributed by atoms with van der Waals surface area (Å²) in [5.41, 5.74) is 0. The third-order valence-electron chi connectivity index (χ3n) is 3.72. The van der Waals surface area contributed by atoms with Gasteiger partial charge >= 0.3 is 5.97 Å². The number of amides is 1. The first-order valence-corrected chi connectivity index (χ1v) is 6.70. The molecule has 5 heteroatoms. The molecule has 1 aromatic heterocycles. The monoisotopic (exact) mass is 265 g/mol. The van der Waals surface area contributed by atoms with Crippen molar-refractivity contribution in [1.29, 1.82) is 0 Å². The molecule has 19 heavy (non-hydrogen) atoms. The minimum atomic E-state index is -1.08. The fraction of sp³-hybridized carbons (Fsp3) is 0.571. The van der Waals surface area contributed by atoms with E-state index >= 15 is 0 Å². The first-order chi connectivity index (χ1) is 9.10.